The number of aromatic hydroxyl groups is 1. The van der Waals surface area contributed by atoms with Crippen molar-refractivity contribution in [2.24, 2.45) is 0 Å². The molecule has 0 saturated carbocycles. The molecule has 0 amide bonds. The van der Waals surface area contributed by atoms with E-state index in [0.717, 1.165) is 11.4 Å². The highest BCUT2D eigenvalue weighted by Gasteiger charge is 2.12. The first-order valence-electron chi connectivity index (χ1n) is 6.36. The first-order valence-corrected chi connectivity index (χ1v) is 6.74. The number of methoxy groups -OCH3 is 1. The number of phenols is 1. The zero-order valence-electron chi connectivity index (χ0n) is 11.3. The van der Waals surface area contributed by atoms with E-state index in [1.807, 2.05) is 18.2 Å². The fourth-order valence-corrected chi connectivity index (χ4v) is 2.28. The summed E-state index contributed by atoms with van der Waals surface area (Å²) in [6.45, 7) is 0. The van der Waals surface area contributed by atoms with Crippen molar-refractivity contribution in [3.63, 3.8) is 0 Å². The Bertz CT molecular complexity index is 766. The lowest BCUT2D eigenvalue weighted by Crippen LogP contribution is -1.98. The van der Waals surface area contributed by atoms with Gasteiger partial charge in [-0.1, -0.05) is 11.6 Å². The van der Waals surface area contributed by atoms with Gasteiger partial charge in [-0.05, 0) is 42.5 Å². The molecule has 106 valence electrons. The summed E-state index contributed by atoms with van der Waals surface area (Å²) in [7, 11) is 1.56. The number of hydrogen-bond acceptors (Lipinski definition) is 3. The van der Waals surface area contributed by atoms with Gasteiger partial charge < -0.3 is 9.84 Å². The van der Waals surface area contributed by atoms with Crippen LogP contribution in [-0.2, 0) is 0 Å². The summed E-state index contributed by atoms with van der Waals surface area (Å²) < 4.78 is 6.85. The number of aromatic nitrogens is 2. The van der Waals surface area contributed by atoms with Crippen LogP contribution in [0.3, 0.4) is 0 Å². The first kappa shape index (κ1) is 13.5. The minimum absolute atomic E-state index is 0.144. The van der Waals surface area contributed by atoms with Crippen LogP contribution < -0.4 is 4.74 Å². The molecule has 0 saturated heterocycles. The van der Waals surface area contributed by atoms with Gasteiger partial charge in [-0.2, -0.15) is 5.10 Å². The maximum atomic E-state index is 10.2. The van der Waals surface area contributed by atoms with Gasteiger partial charge in [-0.25, -0.2) is 4.68 Å². The van der Waals surface area contributed by atoms with Crippen LogP contribution in [0.2, 0.25) is 5.02 Å². The molecule has 0 radical (unpaired) electrons. The van der Waals surface area contributed by atoms with E-state index in [1.165, 1.54) is 0 Å². The van der Waals surface area contributed by atoms with E-state index in [0.29, 0.717) is 16.3 Å². The summed E-state index contributed by atoms with van der Waals surface area (Å²) in [5, 5.41) is 15.1. The molecule has 0 aliphatic heterocycles. The van der Waals surface area contributed by atoms with Crippen LogP contribution in [0, 0.1) is 0 Å². The second kappa shape index (κ2) is 5.50. The molecular formula is C16H13ClN2O2. The topological polar surface area (TPSA) is 47.3 Å². The molecule has 3 rings (SSSR count). The molecule has 0 aliphatic carbocycles. The highest BCUT2D eigenvalue weighted by Crippen LogP contribution is 2.33. The van der Waals surface area contributed by atoms with E-state index in [1.54, 1.807) is 48.3 Å². The van der Waals surface area contributed by atoms with Crippen molar-refractivity contribution < 1.29 is 9.84 Å². The lowest BCUT2D eigenvalue weighted by Gasteiger charge is -2.10. The number of halogens is 1. The molecule has 0 bridgehead atoms. The van der Waals surface area contributed by atoms with Crippen LogP contribution in [0.15, 0.2) is 54.7 Å². The number of ether oxygens (including phenoxy) is 1. The zero-order chi connectivity index (χ0) is 14.8. The second-order valence-corrected chi connectivity index (χ2v) is 4.92. The summed E-state index contributed by atoms with van der Waals surface area (Å²) >= 11 is 5.90. The smallest absolute Gasteiger partial charge is 0.128 e. The minimum atomic E-state index is 0.144. The zero-order valence-corrected chi connectivity index (χ0v) is 12.1. The molecule has 0 spiro atoms. The van der Waals surface area contributed by atoms with Crippen molar-refractivity contribution in [1.82, 2.24) is 9.78 Å². The second-order valence-electron chi connectivity index (χ2n) is 4.49. The Morgan fingerprint density at radius 2 is 1.86 bits per heavy atom. The van der Waals surface area contributed by atoms with Gasteiger partial charge in [0, 0.05) is 16.7 Å². The van der Waals surface area contributed by atoms with Crippen LogP contribution in [0.1, 0.15) is 0 Å². The fourth-order valence-electron chi connectivity index (χ4n) is 2.15. The highest BCUT2D eigenvalue weighted by molar-refractivity contribution is 6.30. The first-order chi connectivity index (χ1) is 10.2. The van der Waals surface area contributed by atoms with Crippen molar-refractivity contribution >= 4 is 11.6 Å². The standard InChI is InChI=1S/C16H13ClN2O2/c1-21-13-6-7-14(16(20)10-13)15-8-9-18-19(15)12-4-2-11(17)3-5-12/h2-10,20H,1H3. The third kappa shape index (κ3) is 2.58. The van der Waals surface area contributed by atoms with Crippen molar-refractivity contribution in [3.05, 3.63) is 59.8 Å². The molecule has 0 atom stereocenters. The fraction of sp³-hybridized carbons (Fsp3) is 0.0625. The Morgan fingerprint density at radius 3 is 2.52 bits per heavy atom. The number of hydrogen-bond donors (Lipinski definition) is 1. The minimum Gasteiger partial charge on any atom is -0.507 e. The predicted octanol–water partition coefficient (Wildman–Crippen LogP) is 3.91. The molecular weight excluding hydrogens is 288 g/mol. The summed E-state index contributed by atoms with van der Waals surface area (Å²) in [5.41, 5.74) is 2.34. The van der Waals surface area contributed by atoms with Crippen molar-refractivity contribution in [3.8, 4) is 28.4 Å². The summed E-state index contributed by atoms with van der Waals surface area (Å²) in [6, 6.07) is 14.4. The van der Waals surface area contributed by atoms with Gasteiger partial charge in [0.15, 0.2) is 0 Å². The molecule has 1 N–H and O–H groups in total. The SMILES string of the molecule is COc1ccc(-c2ccnn2-c2ccc(Cl)cc2)c(O)c1. The van der Waals surface area contributed by atoms with Gasteiger partial charge in [0.25, 0.3) is 0 Å². The third-order valence-corrected chi connectivity index (χ3v) is 3.45. The van der Waals surface area contributed by atoms with E-state index in [4.69, 9.17) is 16.3 Å². The molecule has 1 heterocycles. The average molecular weight is 301 g/mol. The van der Waals surface area contributed by atoms with Crippen LogP contribution in [0.25, 0.3) is 16.9 Å². The maximum absolute atomic E-state index is 10.2. The summed E-state index contributed by atoms with van der Waals surface area (Å²) in [6.07, 6.45) is 1.69. The quantitative estimate of drug-likeness (QED) is 0.798. The molecule has 4 nitrogen and oxygen atoms in total. The lowest BCUT2D eigenvalue weighted by molar-refractivity contribution is 0.408. The Balaban J connectivity index is 2.09. The molecule has 21 heavy (non-hydrogen) atoms. The Morgan fingerprint density at radius 1 is 1.10 bits per heavy atom. The van der Waals surface area contributed by atoms with E-state index in [-0.39, 0.29) is 5.75 Å². The third-order valence-electron chi connectivity index (χ3n) is 3.19. The lowest BCUT2D eigenvalue weighted by atomic mass is 10.1. The summed E-state index contributed by atoms with van der Waals surface area (Å²) in [5.74, 6) is 0.749. The van der Waals surface area contributed by atoms with E-state index < -0.39 is 0 Å². The van der Waals surface area contributed by atoms with Crippen molar-refractivity contribution in [1.29, 1.82) is 0 Å². The number of nitrogens with zero attached hydrogens (tertiary/aromatic N) is 2. The number of benzene rings is 2. The molecule has 0 fully saturated rings. The van der Waals surface area contributed by atoms with Crippen LogP contribution in [0.5, 0.6) is 11.5 Å². The van der Waals surface area contributed by atoms with E-state index in [2.05, 4.69) is 5.10 Å². The molecule has 5 heteroatoms. The Labute approximate surface area is 127 Å². The Hall–Kier alpha value is -2.46. The Kier molecular flexibility index (Phi) is 3.54. The van der Waals surface area contributed by atoms with Crippen LogP contribution in [-0.4, -0.2) is 22.0 Å². The molecule has 0 unspecified atom stereocenters. The largest absolute Gasteiger partial charge is 0.507 e. The van der Waals surface area contributed by atoms with Gasteiger partial charge in [0.2, 0.25) is 0 Å². The van der Waals surface area contributed by atoms with Gasteiger partial charge in [-0.15, -0.1) is 0 Å². The van der Waals surface area contributed by atoms with Crippen molar-refractivity contribution in [2.45, 2.75) is 0 Å². The predicted molar refractivity (Wildman–Crippen MR) is 82.2 cm³/mol. The molecule has 0 aliphatic rings. The number of rotatable bonds is 3. The molecule has 3 aromatic rings. The molecule has 2 aromatic carbocycles. The van der Waals surface area contributed by atoms with Gasteiger partial charge >= 0.3 is 0 Å². The highest BCUT2D eigenvalue weighted by atomic mass is 35.5. The monoisotopic (exact) mass is 300 g/mol. The maximum Gasteiger partial charge on any atom is 0.128 e. The molecule has 1 aromatic heterocycles. The van der Waals surface area contributed by atoms with E-state index >= 15 is 0 Å². The number of phenolic OH excluding ortho intramolecular Hbond substituents is 1. The average Bonchev–Trinajstić information content (AvgIpc) is 2.97. The van der Waals surface area contributed by atoms with Crippen LogP contribution in [0.4, 0.5) is 0 Å². The van der Waals surface area contributed by atoms with E-state index in [9.17, 15) is 5.11 Å². The van der Waals surface area contributed by atoms with Crippen molar-refractivity contribution in [2.75, 3.05) is 7.11 Å². The van der Waals surface area contributed by atoms with Gasteiger partial charge in [0.05, 0.1) is 24.7 Å². The normalized spacial score (nSPS) is 10.6. The summed E-state index contributed by atoms with van der Waals surface area (Å²) in [4.78, 5) is 0. The van der Waals surface area contributed by atoms with Crippen LogP contribution >= 0.6 is 11.6 Å². The van der Waals surface area contributed by atoms with Gasteiger partial charge in [-0.3, -0.25) is 0 Å². The van der Waals surface area contributed by atoms with Gasteiger partial charge in [0.1, 0.15) is 11.5 Å².